The molecule has 0 radical (unpaired) electrons. The van der Waals surface area contributed by atoms with Crippen molar-refractivity contribution in [3.05, 3.63) is 57.6 Å². The van der Waals surface area contributed by atoms with Gasteiger partial charge in [-0.25, -0.2) is 0 Å². The molecule has 2 heterocycles. The number of nitrogens with two attached hydrogens (primary N) is 1. The Morgan fingerprint density at radius 1 is 0.909 bits per heavy atom. The van der Waals surface area contributed by atoms with Crippen LogP contribution in [0.4, 0.5) is 0 Å². The summed E-state index contributed by atoms with van der Waals surface area (Å²) in [4.78, 5) is 11.3. The van der Waals surface area contributed by atoms with E-state index in [4.69, 9.17) is 38.4 Å². The van der Waals surface area contributed by atoms with E-state index in [9.17, 15) is 4.79 Å². The van der Waals surface area contributed by atoms with Crippen LogP contribution in [-0.2, 0) is 4.79 Å². The van der Waals surface area contributed by atoms with Crippen molar-refractivity contribution in [3.8, 4) is 11.5 Å². The van der Waals surface area contributed by atoms with E-state index in [1.165, 1.54) is 12.8 Å². The van der Waals surface area contributed by atoms with Crippen molar-refractivity contribution in [1.29, 1.82) is 0 Å². The summed E-state index contributed by atoms with van der Waals surface area (Å²) < 4.78 is 12.2. The predicted octanol–water partition coefficient (Wildman–Crippen LogP) is 6.27. The van der Waals surface area contributed by atoms with Crippen LogP contribution in [0.1, 0.15) is 81.5 Å². The first-order chi connectivity index (χ1) is 15.8. The van der Waals surface area contributed by atoms with E-state index in [-0.39, 0.29) is 29.2 Å². The second-order valence-electron chi connectivity index (χ2n) is 9.91. The number of carbonyl (C=O) groups excluding carboxylic acids is 1. The monoisotopic (exact) mass is 488 g/mol. The number of halogens is 2. The van der Waals surface area contributed by atoms with E-state index in [0.717, 1.165) is 66.2 Å². The fraction of sp³-hybridized carbons (Fsp3) is 0.500. The first-order valence-corrected chi connectivity index (χ1v) is 12.5. The Kier molecular flexibility index (Phi) is 6.00. The van der Waals surface area contributed by atoms with Gasteiger partial charge in [0.1, 0.15) is 22.7 Å². The van der Waals surface area contributed by atoms with Gasteiger partial charge in [-0.05, 0) is 74.9 Å². The maximum absolute atomic E-state index is 11.3. The summed E-state index contributed by atoms with van der Waals surface area (Å²) >= 11 is 12.0. The van der Waals surface area contributed by atoms with Crippen molar-refractivity contribution in [2.24, 2.45) is 5.73 Å². The van der Waals surface area contributed by atoms with E-state index in [2.05, 4.69) is 5.32 Å². The Morgan fingerprint density at radius 2 is 1.42 bits per heavy atom. The molecule has 7 heteroatoms. The average Bonchev–Trinajstić information content (AvgIpc) is 2.72. The molecule has 2 spiro atoms. The number of nitrogens with one attached hydrogen (secondary N) is 1. The number of rotatable bonds is 1. The van der Waals surface area contributed by atoms with Crippen LogP contribution in [0, 0.1) is 0 Å². The SMILES string of the molecule is CC(=O)NC1CC2(CCC2)Oc2ccc(Cl)cc21.NC1CC2(CCC2)Oc2ccc(Cl)cc21. The quantitative estimate of drug-likeness (QED) is 0.496. The number of benzene rings is 2. The second-order valence-corrected chi connectivity index (χ2v) is 10.8. The van der Waals surface area contributed by atoms with Crippen LogP contribution < -0.4 is 20.5 Å². The highest BCUT2D eigenvalue weighted by Crippen LogP contribution is 2.50. The molecule has 2 aromatic rings. The maximum atomic E-state index is 11.3. The van der Waals surface area contributed by atoms with E-state index in [0.29, 0.717) is 5.02 Å². The van der Waals surface area contributed by atoms with Crippen LogP contribution in [-0.4, -0.2) is 17.1 Å². The predicted molar refractivity (Wildman–Crippen MR) is 130 cm³/mol. The van der Waals surface area contributed by atoms with Crippen LogP contribution in [0.3, 0.4) is 0 Å². The lowest BCUT2D eigenvalue weighted by Gasteiger charge is -2.48. The first kappa shape index (κ1) is 22.8. The number of hydrogen-bond acceptors (Lipinski definition) is 4. The van der Waals surface area contributed by atoms with Gasteiger partial charge in [0.25, 0.3) is 0 Å². The minimum atomic E-state index is -0.0616. The Balaban J connectivity index is 0.000000140. The topological polar surface area (TPSA) is 73.6 Å². The lowest BCUT2D eigenvalue weighted by atomic mass is 9.73. The number of ether oxygens (including phenoxy) is 2. The summed E-state index contributed by atoms with van der Waals surface area (Å²) in [5, 5.41) is 4.42. The van der Waals surface area contributed by atoms with Crippen LogP contribution in [0.2, 0.25) is 10.0 Å². The Hall–Kier alpha value is -1.95. The van der Waals surface area contributed by atoms with Gasteiger partial charge in [-0.3, -0.25) is 4.79 Å². The average molecular weight is 489 g/mol. The zero-order valence-corrected chi connectivity index (χ0v) is 20.3. The molecule has 0 bridgehead atoms. The molecule has 2 aliphatic heterocycles. The van der Waals surface area contributed by atoms with E-state index < -0.39 is 0 Å². The van der Waals surface area contributed by atoms with Crippen molar-refractivity contribution in [2.75, 3.05) is 0 Å². The molecule has 5 nitrogen and oxygen atoms in total. The van der Waals surface area contributed by atoms with Crippen LogP contribution >= 0.6 is 23.2 Å². The fourth-order valence-electron chi connectivity index (χ4n) is 5.46. The van der Waals surface area contributed by atoms with Gasteiger partial charge >= 0.3 is 0 Å². The molecule has 2 aliphatic carbocycles. The van der Waals surface area contributed by atoms with Crippen LogP contribution in [0.15, 0.2) is 36.4 Å². The number of fused-ring (bicyclic) bond motifs is 2. The standard InChI is InChI=1S/C14H16ClNO2.C12H14ClNO/c1-9(17)16-12-8-14(5-2-6-14)18-13-4-3-10(15)7-11(12)13;13-8-2-3-11-9(6-8)10(14)7-12(15-11)4-1-5-12/h3-4,7,12H,2,5-6,8H2,1H3,(H,16,17);2-3,6,10H,1,4-5,7,14H2. The van der Waals surface area contributed by atoms with Gasteiger partial charge in [-0.15, -0.1) is 0 Å². The van der Waals surface area contributed by atoms with E-state index in [1.54, 1.807) is 6.92 Å². The lowest BCUT2D eigenvalue weighted by molar-refractivity contribution is -0.120. The number of amides is 1. The summed E-state index contributed by atoms with van der Waals surface area (Å²) in [7, 11) is 0. The number of carbonyl (C=O) groups is 1. The van der Waals surface area contributed by atoms with Crippen molar-refractivity contribution >= 4 is 29.1 Å². The van der Waals surface area contributed by atoms with Crippen molar-refractivity contribution in [3.63, 3.8) is 0 Å². The molecule has 2 unspecified atom stereocenters. The summed E-state index contributed by atoms with van der Waals surface area (Å²) in [6.45, 7) is 1.55. The van der Waals surface area contributed by atoms with Crippen LogP contribution in [0.5, 0.6) is 11.5 Å². The second kappa shape index (κ2) is 8.68. The van der Waals surface area contributed by atoms with Crippen molar-refractivity contribution < 1.29 is 14.3 Å². The molecular weight excluding hydrogens is 459 g/mol. The molecule has 3 N–H and O–H groups in total. The fourth-order valence-corrected chi connectivity index (χ4v) is 5.82. The van der Waals surface area contributed by atoms with Gasteiger partial charge in [0.2, 0.25) is 5.91 Å². The molecule has 0 saturated heterocycles. The Morgan fingerprint density at radius 3 is 1.94 bits per heavy atom. The highest BCUT2D eigenvalue weighted by atomic mass is 35.5. The zero-order valence-electron chi connectivity index (χ0n) is 18.8. The molecule has 1 amide bonds. The van der Waals surface area contributed by atoms with Gasteiger partial charge in [-0.1, -0.05) is 23.2 Å². The molecule has 0 aromatic heterocycles. The van der Waals surface area contributed by atoms with Crippen LogP contribution in [0.25, 0.3) is 0 Å². The molecule has 176 valence electrons. The molecule has 2 fully saturated rings. The molecule has 4 aliphatic rings. The highest BCUT2D eigenvalue weighted by molar-refractivity contribution is 6.31. The van der Waals surface area contributed by atoms with Gasteiger partial charge in [0.05, 0.1) is 6.04 Å². The Labute approximate surface area is 204 Å². The minimum absolute atomic E-state index is 0.0118. The molecule has 2 saturated carbocycles. The zero-order chi connectivity index (χ0) is 23.2. The summed E-state index contributed by atoms with van der Waals surface area (Å²) in [6, 6.07) is 11.5. The first-order valence-electron chi connectivity index (χ1n) is 11.8. The van der Waals surface area contributed by atoms with Gasteiger partial charge in [0.15, 0.2) is 0 Å². The summed E-state index contributed by atoms with van der Waals surface area (Å²) in [5.41, 5.74) is 8.19. The number of hydrogen-bond donors (Lipinski definition) is 2. The normalized spacial score (nSPS) is 25.1. The lowest BCUT2D eigenvalue weighted by Crippen LogP contribution is -2.49. The third-order valence-corrected chi connectivity index (χ3v) is 7.92. The van der Waals surface area contributed by atoms with Gasteiger partial charge < -0.3 is 20.5 Å². The molecule has 6 rings (SSSR count). The maximum Gasteiger partial charge on any atom is 0.217 e. The smallest absolute Gasteiger partial charge is 0.217 e. The van der Waals surface area contributed by atoms with Gasteiger partial charge in [-0.2, -0.15) is 0 Å². The molecule has 2 atom stereocenters. The Bertz CT molecular complexity index is 1070. The van der Waals surface area contributed by atoms with E-state index >= 15 is 0 Å². The highest BCUT2D eigenvalue weighted by Gasteiger charge is 2.46. The van der Waals surface area contributed by atoms with E-state index in [1.807, 2.05) is 36.4 Å². The summed E-state index contributed by atoms with van der Waals surface area (Å²) in [6.07, 6.45) is 8.67. The molecular formula is C26H30Cl2N2O3. The summed E-state index contributed by atoms with van der Waals surface area (Å²) in [5.74, 6) is 1.78. The third-order valence-electron chi connectivity index (χ3n) is 7.45. The van der Waals surface area contributed by atoms with Crippen molar-refractivity contribution in [1.82, 2.24) is 5.32 Å². The molecule has 2 aromatic carbocycles. The van der Waals surface area contributed by atoms with Gasteiger partial charge in [0, 0.05) is 47.0 Å². The molecule has 33 heavy (non-hydrogen) atoms. The van der Waals surface area contributed by atoms with Crippen molar-refractivity contribution in [2.45, 2.75) is 81.6 Å². The minimum Gasteiger partial charge on any atom is -0.487 e. The third kappa shape index (κ3) is 4.55. The largest absolute Gasteiger partial charge is 0.487 e.